The minimum absolute atomic E-state index is 1.01. The Balaban J connectivity index is 4.03. The second-order valence-electron chi connectivity index (χ2n) is 7.53. The van der Waals surface area contributed by atoms with E-state index < -0.39 is 0 Å². The summed E-state index contributed by atoms with van der Waals surface area (Å²) in [6.07, 6.45) is 21.8. The van der Waals surface area contributed by atoms with E-state index in [9.17, 15) is 0 Å². The fourth-order valence-corrected chi connectivity index (χ4v) is 2.53. The summed E-state index contributed by atoms with van der Waals surface area (Å²) in [6, 6.07) is 0. The second kappa shape index (κ2) is 14.8. The SMILES string of the molecule is C=C(C)C=CC/C=C(\C)CCC=C(C)CC/C=C(\C)CCC=C(C)C. The Morgan fingerprint density at radius 1 is 0.640 bits per heavy atom. The fraction of sp³-hybridized carbons (Fsp3) is 0.520. The van der Waals surface area contributed by atoms with E-state index in [1.54, 1.807) is 0 Å². The third kappa shape index (κ3) is 17.1. The maximum Gasteiger partial charge on any atom is -0.0163 e. The minimum Gasteiger partial charge on any atom is -0.0961 e. The normalized spacial score (nSPS) is 13.4. The van der Waals surface area contributed by atoms with Crippen molar-refractivity contribution in [2.75, 3.05) is 0 Å². The number of hydrogen-bond acceptors (Lipinski definition) is 0. The van der Waals surface area contributed by atoms with Gasteiger partial charge in [0.1, 0.15) is 0 Å². The molecular formula is C25H40. The second-order valence-corrected chi connectivity index (χ2v) is 7.53. The Kier molecular flexibility index (Phi) is 13.8. The van der Waals surface area contributed by atoms with Gasteiger partial charge in [0, 0.05) is 0 Å². The van der Waals surface area contributed by atoms with Crippen LogP contribution in [-0.2, 0) is 0 Å². The summed E-state index contributed by atoms with van der Waals surface area (Å²) < 4.78 is 0. The van der Waals surface area contributed by atoms with Gasteiger partial charge in [-0.1, -0.05) is 70.9 Å². The first-order chi connectivity index (χ1) is 11.8. The van der Waals surface area contributed by atoms with Crippen molar-refractivity contribution in [1.29, 1.82) is 0 Å². The average molecular weight is 341 g/mol. The molecule has 0 aliphatic heterocycles. The molecule has 0 atom stereocenters. The highest BCUT2D eigenvalue weighted by atomic mass is 14.0. The molecule has 0 unspecified atom stereocenters. The van der Waals surface area contributed by atoms with Crippen molar-refractivity contribution in [2.45, 2.75) is 86.5 Å². The molecule has 0 amide bonds. The maximum absolute atomic E-state index is 3.88. The van der Waals surface area contributed by atoms with Crippen molar-refractivity contribution in [3.63, 3.8) is 0 Å². The van der Waals surface area contributed by atoms with Gasteiger partial charge in [-0.15, -0.1) is 0 Å². The maximum atomic E-state index is 3.88. The molecule has 0 fully saturated rings. The first kappa shape index (κ1) is 23.4. The predicted octanol–water partition coefficient (Wildman–Crippen LogP) is 8.65. The summed E-state index contributed by atoms with van der Waals surface area (Å²) in [5.41, 5.74) is 7.05. The molecule has 0 aliphatic rings. The smallest absolute Gasteiger partial charge is 0.0163 e. The molecule has 0 radical (unpaired) electrons. The molecule has 0 N–H and O–H groups in total. The fourth-order valence-electron chi connectivity index (χ4n) is 2.53. The van der Waals surface area contributed by atoms with Gasteiger partial charge in [0.25, 0.3) is 0 Å². The molecule has 140 valence electrons. The molecule has 0 heterocycles. The van der Waals surface area contributed by atoms with Crippen LogP contribution in [0.25, 0.3) is 0 Å². The van der Waals surface area contributed by atoms with E-state index in [4.69, 9.17) is 0 Å². The number of rotatable bonds is 12. The standard InChI is InChI=1S/C25H40/c1-21(2)13-8-9-15-23(5)17-11-19-25(7)20-12-18-24(6)16-10-14-22(3)4/h8,13-15,18-19H,1,9-12,16-17,20H2,2-7H3/b13-8?,23-15+,24-18+,25-19?. The zero-order valence-electron chi connectivity index (χ0n) is 17.6. The van der Waals surface area contributed by atoms with Crippen LogP contribution in [0.15, 0.2) is 70.9 Å². The lowest BCUT2D eigenvalue weighted by Gasteiger charge is -2.02. The zero-order valence-corrected chi connectivity index (χ0v) is 17.6. The topological polar surface area (TPSA) is 0 Å². The minimum atomic E-state index is 1.01. The quantitative estimate of drug-likeness (QED) is 0.246. The summed E-state index contributed by atoms with van der Waals surface area (Å²) in [6.45, 7) is 17.0. The predicted molar refractivity (Wildman–Crippen MR) is 117 cm³/mol. The highest BCUT2D eigenvalue weighted by molar-refractivity contribution is 5.13. The molecule has 0 aromatic rings. The molecule has 0 aliphatic carbocycles. The Labute approximate surface area is 157 Å². The molecule has 0 aromatic carbocycles. The van der Waals surface area contributed by atoms with Gasteiger partial charge in [-0.3, -0.25) is 0 Å². The average Bonchev–Trinajstić information content (AvgIpc) is 2.51. The van der Waals surface area contributed by atoms with E-state index in [0.29, 0.717) is 0 Å². The van der Waals surface area contributed by atoms with Crippen LogP contribution in [0.2, 0.25) is 0 Å². The lowest BCUT2D eigenvalue weighted by molar-refractivity contribution is 0.898. The summed E-state index contributed by atoms with van der Waals surface area (Å²) >= 11 is 0. The largest absolute Gasteiger partial charge is 0.0961 e. The molecule has 25 heavy (non-hydrogen) atoms. The first-order valence-corrected chi connectivity index (χ1v) is 9.73. The molecule has 0 bridgehead atoms. The van der Waals surface area contributed by atoms with Crippen molar-refractivity contribution < 1.29 is 0 Å². The number of hydrogen-bond donors (Lipinski definition) is 0. The summed E-state index contributed by atoms with van der Waals surface area (Å²) in [7, 11) is 0. The molecule has 0 saturated carbocycles. The molecule has 0 nitrogen and oxygen atoms in total. The lowest BCUT2D eigenvalue weighted by atomic mass is 10.0. The van der Waals surface area contributed by atoms with E-state index in [1.165, 1.54) is 48.0 Å². The van der Waals surface area contributed by atoms with Gasteiger partial charge < -0.3 is 0 Å². The van der Waals surface area contributed by atoms with E-state index >= 15 is 0 Å². The van der Waals surface area contributed by atoms with Crippen LogP contribution in [0.4, 0.5) is 0 Å². The summed E-state index contributed by atoms with van der Waals surface area (Å²) in [4.78, 5) is 0. The highest BCUT2D eigenvalue weighted by Gasteiger charge is 1.93. The van der Waals surface area contributed by atoms with Gasteiger partial charge >= 0.3 is 0 Å². The first-order valence-electron chi connectivity index (χ1n) is 9.73. The van der Waals surface area contributed by atoms with Crippen LogP contribution in [0, 0.1) is 0 Å². The van der Waals surface area contributed by atoms with Crippen LogP contribution in [0.3, 0.4) is 0 Å². The van der Waals surface area contributed by atoms with Crippen LogP contribution >= 0.6 is 0 Å². The zero-order chi connectivity index (χ0) is 19.1. The van der Waals surface area contributed by atoms with Crippen LogP contribution in [0.5, 0.6) is 0 Å². The van der Waals surface area contributed by atoms with Gasteiger partial charge in [-0.2, -0.15) is 0 Å². The van der Waals surface area contributed by atoms with Gasteiger partial charge in [0.2, 0.25) is 0 Å². The van der Waals surface area contributed by atoms with Gasteiger partial charge in [-0.05, 0) is 86.5 Å². The van der Waals surface area contributed by atoms with E-state index in [0.717, 1.165) is 24.8 Å². The third-order valence-corrected chi connectivity index (χ3v) is 4.16. The van der Waals surface area contributed by atoms with Crippen molar-refractivity contribution in [2.24, 2.45) is 0 Å². The number of allylic oxidation sites excluding steroid dienone is 11. The van der Waals surface area contributed by atoms with E-state index in [2.05, 4.69) is 77.7 Å². The van der Waals surface area contributed by atoms with E-state index in [1.807, 2.05) is 6.92 Å². The van der Waals surface area contributed by atoms with Crippen molar-refractivity contribution >= 4 is 0 Å². The molecule has 0 rings (SSSR count). The lowest BCUT2D eigenvalue weighted by Crippen LogP contribution is -1.82. The van der Waals surface area contributed by atoms with E-state index in [-0.39, 0.29) is 0 Å². The Morgan fingerprint density at radius 3 is 1.52 bits per heavy atom. The molecule has 0 heteroatoms. The monoisotopic (exact) mass is 340 g/mol. The summed E-state index contributed by atoms with van der Waals surface area (Å²) in [5.74, 6) is 0. The van der Waals surface area contributed by atoms with Gasteiger partial charge in [0.15, 0.2) is 0 Å². The third-order valence-electron chi connectivity index (χ3n) is 4.16. The van der Waals surface area contributed by atoms with Crippen molar-refractivity contribution in [3.05, 3.63) is 70.9 Å². The molecule has 0 spiro atoms. The Bertz CT molecular complexity index is 528. The van der Waals surface area contributed by atoms with Crippen molar-refractivity contribution in [3.8, 4) is 0 Å². The Morgan fingerprint density at radius 2 is 1.08 bits per heavy atom. The molecule has 0 aromatic heterocycles. The van der Waals surface area contributed by atoms with Crippen LogP contribution in [-0.4, -0.2) is 0 Å². The molecular weight excluding hydrogens is 300 g/mol. The highest BCUT2D eigenvalue weighted by Crippen LogP contribution is 2.13. The van der Waals surface area contributed by atoms with Crippen LogP contribution < -0.4 is 0 Å². The van der Waals surface area contributed by atoms with Crippen molar-refractivity contribution in [1.82, 2.24) is 0 Å². The van der Waals surface area contributed by atoms with Gasteiger partial charge in [-0.25, -0.2) is 0 Å². The van der Waals surface area contributed by atoms with Crippen LogP contribution in [0.1, 0.15) is 86.5 Å². The Hall–Kier alpha value is -1.56. The summed E-state index contributed by atoms with van der Waals surface area (Å²) in [5, 5.41) is 0. The van der Waals surface area contributed by atoms with Gasteiger partial charge in [0.05, 0.1) is 0 Å². The molecule has 0 saturated heterocycles.